The zero-order chi connectivity index (χ0) is 24.5. The van der Waals surface area contributed by atoms with Crippen LogP contribution in [0, 0.1) is 0 Å². The van der Waals surface area contributed by atoms with Gasteiger partial charge in [0, 0.05) is 29.7 Å². The molecule has 1 N–H and O–H groups in total. The highest BCUT2D eigenvalue weighted by Crippen LogP contribution is 2.30. The first-order chi connectivity index (χ1) is 15.2. The van der Waals surface area contributed by atoms with Crippen molar-refractivity contribution in [1.29, 1.82) is 0 Å². The summed E-state index contributed by atoms with van der Waals surface area (Å²) in [5.74, 6) is 0.0177. The van der Waals surface area contributed by atoms with Crippen LogP contribution in [0.2, 0.25) is 20.1 Å². The molecular formula is C24H36BrCl4FO4. The van der Waals surface area contributed by atoms with E-state index in [4.69, 9.17) is 66.8 Å². The van der Waals surface area contributed by atoms with Gasteiger partial charge in [-0.2, -0.15) is 0 Å². The number of fused-ring (bicyclic) bond motifs is 1. The van der Waals surface area contributed by atoms with E-state index in [0.29, 0.717) is 38.9 Å². The zero-order valence-corrected chi connectivity index (χ0v) is 21.5. The second-order valence-electron chi connectivity index (χ2n) is 5.28. The number of ether oxygens (including phenoxy) is 2. The molecule has 0 amide bonds. The van der Waals surface area contributed by atoms with E-state index in [-0.39, 0.29) is 34.3 Å². The molecule has 1 aromatic heterocycles. The summed E-state index contributed by atoms with van der Waals surface area (Å²) in [5, 5.41) is 12.5. The Morgan fingerprint density at radius 1 is 0.971 bits per heavy atom. The van der Waals surface area contributed by atoms with E-state index >= 15 is 0 Å². The number of rotatable bonds is 5. The largest absolute Gasteiger partial charge is 0.506 e. The molecule has 198 valence electrons. The molecule has 0 aliphatic carbocycles. The molecule has 3 rings (SSSR count). The second kappa shape index (κ2) is 24.0. The lowest BCUT2D eigenvalue weighted by molar-refractivity contribution is -0.119. The van der Waals surface area contributed by atoms with E-state index in [2.05, 4.69) is 15.9 Å². The minimum atomic E-state index is -1.00. The fraction of sp³-hybridized carbons (Fsp3) is 0.417. The Balaban J connectivity index is -0.000000189. The Kier molecular flexibility index (Phi) is 26.7. The fourth-order valence-electron chi connectivity index (χ4n) is 1.99. The molecule has 10 heteroatoms. The maximum Gasteiger partial charge on any atom is 0.167 e. The molecule has 0 unspecified atom stereocenters. The summed E-state index contributed by atoms with van der Waals surface area (Å²) >= 11 is 25.9. The van der Waals surface area contributed by atoms with E-state index in [1.54, 1.807) is 36.6 Å². The molecule has 0 aliphatic heterocycles. The van der Waals surface area contributed by atoms with Crippen LogP contribution in [0.3, 0.4) is 0 Å². The lowest BCUT2D eigenvalue weighted by Crippen LogP contribution is -2.18. The number of phenols is 1. The highest BCUT2D eigenvalue weighted by atomic mass is 79.9. The van der Waals surface area contributed by atoms with E-state index < -0.39 is 7.15 Å². The molecule has 3 aromatic rings. The average Bonchev–Trinajstić information content (AvgIpc) is 3.27. The van der Waals surface area contributed by atoms with Crippen molar-refractivity contribution < 1.29 is 24.8 Å². The van der Waals surface area contributed by atoms with Crippen molar-refractivity contribution in [2.45, 2.75) is 42.4 Å². The van der Waals surface area contributed by atoms with Gasteiger partial charge < -0.3 is 19.0 Å². The fourth-order valence-corrected chi connectivity index (χ4v) is 3.07. The van der Waals surface area contributed by atoms with Crippen molar-refractivity contribution in [3.05, 3.63) is 62.8 Å². The Hall–Kier alpha value is -0.730. The van der Waals surface area contributed by atoms with Gasteiger partial charge in [-0.1, -0.05) is 84.6 Å². The number of alkyl halides is 2. The number of aromatic hydroxyl groups is 1. The maximum atomic E-state index is 9.96. The quantitative estimate of drug-likeness (QED) is 0.225. The summed E-state index contributed by atoms with van der Waals surface area (Å²) in [7, 11) is -1.00. The van der Waals surface area contributed by atoms with Crippen LogP contribution in [0.15, 0.2) is 47.1 Å². The first-order valence-electron chi connectivity index (χ1n) is 9.55. The monoisotopic (exact) mass is 627 g/mol. The van der Waals surface area contributed by atoms with Gasteiger partial charge in [0.25, 0.3) is 0 Å². The topological polar surface area (TPSA) is 51.8 Å². The third kappa shape index (κ3) is 15.3. The predicted octanol–water partition coefficient (Wildman–Crippen LogP) is 10.7. The standard InChI is InChI=1S/C8H4Cl2O.C6H13BrO2.C6H4Cl2O.CH3F.3CH4/c9-6-1-2-7(10)8-5(6)3-4-11-8;1-3-8-6(5-7)9-4-2;7-4-1-2-5(8)6(9)3-4;1-2;;;/h1-4H;6H,3-5H2,1-2H3;1-3,9H;1H3;3*1H4/i;;;1D;;;. The molecule has 0 saturated carbocycles. The summed E-state index contributed by atoms with van der Waals surface area (Å²) in [6.07, 6.45) is 1.50. The third-order valence-corrected chi connectivity index (χ3v) is 4.97. The Labute approximate surface area is 233 Å². The summed E-state index contributed by atoms with van der Waals surface area (Å²) in [6.45, 7) is 5.32. The molecule has 34 heavy (non-hydrogen) atoms. The van der Waals surface area contributed by atoms with Crippen LogP contribution in [0.1, 0.15) is 37.5 Å². The molecule has 0 radical (unpaired) electrons. The lowest BCUT2D eigenvalue weighted by atomic mass is 10.2. The highest BCUT2D eigenvalue weighted by molar-refractivity contribution is 9.09. The number of halogens is 6. The van der Waals surface area contributed by atoms with Crippen molar-refractivity contribution in [2.24, 2.45) is 0 Å². The SMILES string of the molecule is C.C.C.CCOC(CBr)OCC.Clc1ccc(Cl)c2occc12.Oc1cc(Cl)ccc1Cl.[2H]CF. The smallest absolute Gasteiger partial charge is 0.167 e. The van der Waals surface area contributed by atoms with Crippen molar-refractivity contribution >= 4 is 73.3 Å². The molecule has 2 aromatic carbocycles. The van der Waals surface area contributed by atoms with Crippen molar-refractivity contribution in [3.63, 3.8) is 0 Å². The van der Waals surface area contributed by atoms with Gasteiger partial charge in [-0.05, 0) is 44.2 Å². The van der Waals surface area contributed by atoms with E-state index in [9.17, 15) is 4.39 Å². The molecule has 0 fully saturated rings. The van der Waals surface area contributed by atoms with Crippen LogP contribution in [0.25, 0.3) is 11.0 Å². The van der Waals surface area contributed by atoms with E-state index in [1.807, 2.05) is 13.8 Å². The predicted molar refractivity (Wildman–Crippen MR) is 152 cm³/mol. The summed E-state index contributed by atoms with van der Waals surface area (Å²) in [6, 6.07) is 9.81. The van der Waals surface area contributed by atoms with Gasteiger partial charge in [-0.3, -0.25) is 4.39 Å². The normalized spacial score (nSPS) is 9.38. The molecule has 0 atom stereocenters. The summed E-state index contributed by atoms with van der Waals surface area (Å²) in [5.41, 5.74) is 0.652. The summed E-state index contributed by atoms with van der Waals surface area (Å²) in [4.78, 5) is 0. The Bertz CT molecular complexity index is 861. The molecule has 1 heterocycles. The van der Waals surface area contributed by atoms with Crippen LogP contribution >= 0.6 is 62.3 Å². The second-order valence-corrected chi connectivity index (χ2v) is 7.59. The molecule has 0 aliphatic rings. The third-order valence-electron chi connectivity index (χ3n) is 3.25. The van der Waals surface area contributed by atoms with E-state index in [1.165, 1.54) is 6.07 Å². The van der Waals surface area contributed by atoms with Crippen molar-refractivity contribution in [3.8, 4) is 5.75 Å². The molecule has 4 nitrogen and oxygen atoms in total. The maximum absolute atomic E-state index is 9.96. The first kappa shape index (κ1) is 37.8. The number of furan rings is 1. The lowest BCUT2D eigenvalue weighted by Gasteiger charge is -2.12. The average molecular weight is 630 g/mol. The number of hydrogen-bond acceptors (Lipinski definition) is 4. The molecule has 0 spiro atoms. The number of hydrogen-bond donors (Lipinski definition) is 1. The summed E-state index contributed by atoms with van der Waals surface area (Å²) < 4.78 is 30.9. The van der Waals surface area contributed by atoms with Gasteiger partial charge in [0.2, 0.25) is 0 Å². The first-order valence-corrected chi connectivity index (χ1v) is 11.5. The minimum Gasteiger partial charge on any atom is -0.506 e. The zero-order valence-electron chi connectivity index (χ0n) is 17.9. The van der Waals surface area contributed by atoms with Gasteiger partial charge in [-0.15, -0.1) is 0 Å². The molecule has 0 saturated heterocycles. The number of phenolic OH excluding ortho intramolecular Hbond substituents is 1. The van der Waals surface area contributed by atoms with Gasteiger partial charge in [0.15, 0.2) is 11.9 Å². The Morgan fingerprint density at radius 3 is 1.88 bits per heavy atom. The van der Waals surface area contributed by atoms with Crippen molar-refractivity contribution in [2.75, 3.05) is 25.7 Å². The molecular weight excluding hydrogens is 593 g/mol. The van der Waals surface area contributed by atoms with Gasteiger partial charge >= 0.3 is 0 Å². The van der Waals surface area contributed by atoms with Crippen LogP contribution < -0.4 is 0 Å². The number of benzene rings is 2. The van der Waals surface area contributed by atoms with Gasteiger partial charge in [-0.25, -0.2) is 0 Å². The van der Waals surface area contributed by atoms with Crippen LogP contribution in [0.5, 0.6) is 5.75 Å². The van der Waals surface area contributed by atoms with Gasteiger partial charge in [0.1, 0.15) is 5.75 Å². The van der Waals surface area contributed by atoms with E-state index in [0.717, 1.165) is 10.7 Å². The van der Waals surface area contributed by atoms with Crippen LogP contribution in [0.4, 0.5) is 4.39 Å². The highest BCUT2D eigenvalue weighted by Gasteiger charge is 2.04. The van der Waals surface area contributed by atoms with Crippen LogP contribution in [-0.2, 0) is 9.47 Å². The van der Waals surface area contributed by atoms with Crippen molar-refractivity contribution in [1.82, 2.24) is 0 Å². The van der Waals surface area contributed by atoms with Gasteiger partial charge in [0.05, 0.1) is 35.2 Å². The minimum absolute atomic E-state index is 0. The Morgan fingerprint density at radius 2 is 1.47 bits per heavy atom. The van der Waals surface area contributed by atoms with Crippen LogP contribution in [-0.4, -0.2) is 37.1 Å². The molecule has 0 bridgehead atoms.